The first-order chi connectivity index (χ1) is 17.9. The van der Waals surface area contributed by atoms with Crippen LogP contribution in [0.3, 0.4) is 0 Å². The number of anilines is 2. The number of hydrogen-bond donors (Lipinski definition) is 3. The monoisotopic (exact) mass is 556 g/mol. The molecule has 1 fully saturated rings. The summed E-state index contributed by atoms with van der Waals surface area (Å²) in [6, 6.07) is 13.4. The van der Waals surface area contributed by atoms with Gasteiger partial charge in [0.05, 0.1) is 11.9 Å². The van der Waals surface area contributed by atoms with E-state index < -0.39 is 25.6 Å². The molecule has 3 N–H and O–H groups in total. The summed E-state index contributed by atoms with van der Waals surface area (Å²) >= 11 is 0. The van der Waals surface area contributed by atoms with E-state index >= 15 is 0 Å². The average Bonchev–Trinajstić information content (AvgIpc) is 3.66. The lowest BCUT2D eigenvalue weighted by molar-refractivity contribution is 0.458. The molecule has 3 aromatic rings. The number of fused-ring (bicyclic) bond motifs is 1. The highest BCUT2D eigenvalue weighted by molar-refractivity contribution is 7.92. The van der Waals surface area contributed by atoms with E-state index in [9.17, 15) is 26.7 Å². The lowest BCUT2D eigenvalue weighted by Gasteiger charge is -2.23. The number of rotatable bonds is 8. The summed E-state index contributed by atoms with van der Waals surface area (Å²) in [5, 5.41) is 14.2. The van der Waals surface area contributed by atoms with Crippen molar-refractivity contribution in [1.29, 1.82) is 0 Å². The quantitative estimate of drug-likeness (QED) is 0.386. The van der Waals surface area contributed by atoms with Crippen LogP contribution in [0.4, 0.5) is 11.4 Å². The molecular formula is C26H28N4O6S2. The van der Waals surface area contributed by atoms with Crippen molar-refractivity contribution in [2.75, 3.05) is 16.3 Å². The van der Waals surface area contributed by atoms with Crippen molar-refractivity contribution in [2.24, 2.45) is 10.3 Å². The highest BCUT2D eigenvalue weighted by Gasteiger charge is 2.31. The van der Waals surface area contributed by atoms with Gasteiger partial charge in [-0.15, -0.1) is 4.40 Å². The van der Waals surface area contributed by atoms with Gasteiger partial charge in [0.1, 0.15) is 16.2 Å². The van der Waals surface area contributed by atoms with Gasteiger partial charge in [-0.25, -0.2) is 8.42 Å². The molecule has 0 saturated heterocycles. The number of pyridine rings is 1. The molecule has 38 heavy (non-hydrogen) atoms. The first kappa shape index (κ1) is 26.0. The zero-order chi connectivity index (χ0) is 27.2. The van der Waals surface area contributed by atoms with E-state index in [2.05, 4.69) is 14.4 Å². The fraction of sp³-hybridized carbons (Fsp3) is 0.308. The van der Waals surface area contributed by atoms with Crippen molar-refractivity contribution in [3.8, 4) is 5.75 Å². The summed E-state index contributed by atoms with van der Waals surface area (Å²) in [5.74, 6) is -0.0409. The van der Waals surface area contributed by atoms with Crippen LogP contribution >= 0.6 is 0 Å². The number of aromatic hydroxyl groups is 1. The molecule has 12 heteroatoms. The number of hydrogen-bond acceptors (Lipinski definition) is 7. The van der Waals surface area contributed by atoms with Crippen LogP contribution in [0.5, 0.6) is 5.75 Å². The minimum atomic E-state index is -4.33. The van der Waals surface area contributed by atoms with Gasteiger partial charge in [0, 0.05) is 29.9 Å². The van der Waals surface area contributed by atoms with Crippen molar-refractivity contribution in [1.82, 2.24) is 4.57 Å². The summed E-state index contributed by atoms with van der Waals surface area (Å²) in [5.41, 5.74) is 1.48. The Hall–Kier alpha value is -3.64. The molecule has 1 aromatic heterocycles. The van der Waals surface area contributed by atoms with Crippen molar-refractivity contribution in [3.63, 3.8) is 0 Å². The van der Waals surface area contributed by atoms with Crippen molar-refractivity contribution >= 4 is 37.3 Å². The topological polar surface area (TPSA) is 147 Å². The Kier molecular flexibility index (Phi) is 6.56. The minimum Gasteiger partial charge on any atom is -0.507 e. The molecule has 0 bridgehead atoms. The predicted molar refractivity (Wildman–Crippen MR) is 146 cm³/mol. The normalized spacial score (nSPS) is 16.3. The van der Waals surface area contributed by atoms with Crippen LogP contribution in [-0.2, 0) is 33.0 Å². The summed E-state index contributed by atoms with van der Waals surface area (Å²) in [7, 11) is -7.96. The average molecular weight is 557 g/mol. The number of sulfonamides is 2. The number of nitrogens with zero attached hydrogens (tertiary/aromatic N) is 2. The van der Waals surface area contributed by atoms with Crippen molar-refractivity contribution in [3.05, 3.63) is 81.3 Å². The maximum Gasteiger partial charge on any atom is 0.286 e. The van der Waals surface area contributed by atoms with Gasteiger partial charge in [-0.3, -0.25) is 9.52 Å². The van der Waals surface area contributed by atoms with E-state index in [1.165, 1.54) is 12.1 Å². The van der Waals surface area contributed by atoms with Crippen molar-refractivity contribution in [2.45, 2.75) is 44.0 Å². The number of aromatic nitrogens is 1. The molecule has 0 unspecified atom stereocenters. The molecule has 1 aliphatic carbocycles. The zero-order valence-corrected chi connectivity index (χ0v) is 22.6. The fourth-order valence-electron chi connectivity index (χ4n) is 4.63. The molecule has 0 spiro atoms. The van der Waals surface area contributed by atoms with Gasteiger partial charge in [0.25, 0.3) is 15.6 Å². The maximum absolute atomic E-state index is 13.7. The van der Waals surface area contributed by atoms with Gasteiger partial charge >= 0.3 is 0 Å². The molecule has 2 heterocycles. The van der Waals surface area contributed by atoms with Gasteiger partial charge in [0.15, 0.2) is 5.84 Å². The van der Waals surface area contributed by atoms with E-state index in [-0.39, 0.29) is 33.4 Å². The Labute approximate surface area is 221 Å². The summed E-state index contributed by atoms with van der Waals surface area (Å²) in [4.78, 5) is 13.4. The smallest absolute Gasteiger partial charge is 0.286 e. The first-order valence-electron chi connectivity index (χ1n) is 12.2. The second kappa shape index (κ2) is 9.59. The lowest BCUT2D eigenvalue weighted by Crippen LogP contribution is -2.34. The molecular weight excluding hydrogens is 528 g/mol. The molecule has 10 nitrogen and oxygen atoms in total. The van der Waals surface area contributed by atoms with Crippen LogP contribution in [0, 0.1) is 12.8 Å². The first-order valence-corrected chi connectivity index (χ1v) is 15.5. The van der Waals surface area contributed by atoms with Crippen molar-refractivity contribution < 1.29 is 21.9 Å². The van der Waals surface area contributed by atoms with E-state index in [4.69, 9.17) is 0 Å². The number of benzene rings is 2. The van der Waals surface area contributed by atoms with Crippen LogP contribution in [0.1, 0.15) is 41.6 Å². The lowest BCUT2D eigenvalue weighted by atomic mass is 9.99. The van der Waals surface area contributed by atoms with Gasteiger partial charge in [-0.1, -0.05) is 43.2 Å². The third-order valence-corrected chi connectivity index (χ3v) is 8.69. The van der Waals surface area contributed by atoms with Crippen LogP contribution in [0.2, 0.25) is 0 Å². The Morgan fingerprint density at radius 3 is 2.53 bits per heavy atom. The highest BCUT2D eigenvalue weighted by Crippen LogP contribution is 2.35. The van der Waals surface area contributed by atoms with E-state index in [0.29, 0.717) is 30.1 Å². The Morgan fingerprint density at radius 2 is 1.87 bits per heavy atom. The third kappa shape index (κ3) is 5.32. The summed E-state index contributed by atoms with van der Waals surface area (Å²) < 4.78 is 57.2. The zero-order valence-electron chi connectivity index (χ0n) is 20.9. The second-order valence-corrected chi connectivity index (χ2v) is 13.1. The molecule has 0 amide bonds. The molecule has 5 rings (SSSR count). The van der Waals surface area contributed by atoms with Gasteiger partial charge in [0.2, 0.25) is 10.0 Å². The maximum atomic E-state index is 13.7. The highest BCUT2D eigenvalue weighted by atomic mass is 32.2. The molecule has 1 aliphatic heterocycles. The molecule has 2 aliphatic rings. The Balaban J connectivity index is 1.63. The summed E-state index contributed by atoms with van der Waals surface area (Å²) in [6.45, 7) is 2.23. The Morgan fingerprint density at radius 1 is 1.16 bits per heavy atom. The largest absolute Gasteiger partial charge is 0.507 e. The molecule has 0 radical (unpaired) electrons. The van der Waals surface area contributed by atoms with Crippen LogP contribution in [-0.4, -0.2) is 38.6 Å². The molecule has 200 valence electrons. The Bertz CT molecular complexity index is 1730. The van der Waals surface area contributed by atoms with Crippen LogP contribution in [0.15, 0.2) is 62.6 Å². The minimum absolute atomic E-state index is 0.0565. The van der Waals surface area contributed by atoms with Gasteiger partial charge in [-0.2, -0.15) is 8.42 Å². The predicted octanol–water partition coefficient (Wildman–Crippen LogP) is 3.19. The molecule has 2 aromatic carbocycles. The second-order valence-electron chi connectivity index (χ2n) is 9.76. The number of nitrogens with one attached hydrogen (secondary N) is 2. The third-order valence-electron chi connectivity index (χ3n) is 6.77. The standard InChI is InChI=1S/C26H28N4O6S2/c1-16-20(14-18-6-4-3-5-7-18)24(31)23(26(32)30(16)13-12-17-8-9-17)25-27-21-11-10-19(28-37(2,33)34)15-22(21)38(35,36)29-25/h3-7,10-11,15,17,28,31H,8-9,12-14H2,1-2H3,(H,27,29). The van der Waals surface area contributed by atoms with Crippen LogP contribution in [0.25, 0.3) is 0 Å². The fourth-order valence-corrected chi connectivity index (χ4v) is 6.33. The van der Waals surface area contributed by atoms with Gasteiger partial charge in [-0.05, 0) is 43.0 Å². The SMILES string of the molecule is Cc1c(Cc2ccccc2)c(O)c(C2=NS(=O)(=O)c3cc(NS(C)(=O)=O)ccc3N2)c(=O)n1CCC1CC1. The molecule has 0 atom stereocenters. The van der Waals surface area contributed by atoms with Gasteiger partial charge < -0.3 is 15.0 Å². The van der Waals surface area contributed by atoms with E-state index in [1.807, 2.05) is 30.3 Å². The van der Waals surface area contributed by atoms with E-state index in [1.54, 1.807) is 11.5 Å². The summed E-state index contributed by atoms with van der Waals surface area (Å²) in [6.07, 6.45) is 4.35. The molecule has 1 saturated carbocycles. The van der Waals surface area contributed by atoms with Crippen LogP contribution < -0.4 is 15.6 Å². The number of amidine groups is 1. The van der Waals surface area contributed by atoms with E-state index in [0.717, 1.165) is 37.1 Å².